The van der Waals surface area contributed by atoms with Crippen molar-refractivity contribution in [1.29, 1.82) is 0 Å². The van der Waals surface area contributed by atoms with Crippen LogP contribution in [-0.4, -0.2) is 62.0 Å². The third-order valence-electron chi connectivity index (χ3n) is 4.00. The molecule has 0 bridgehead atoms. The molecule has 2 rings (SSSR count). The minimum absolute atomic E-state index is 0.134. The van der Waals surface area contributed by atoms with E-state index in [0.29, 0.717) is 6.61 Å². The maximum absolute atomic E-state index is 8.64. The lowest BCUT2D eigenvalue weighted by molar-refractivity contribution is 0.0594. The highest BCUT2D eigenvalue weighted by atomic mass is 16.5. The first-order chi connectivity index (χ1) is 8.40. The second-order valence-electron chi connectivity index (χ2n) is 5.24. The van der Waals surface area contributed by atoms with Crippen LogP contribution in [0.2, 0.25) is 0 Å². The molecule has 0 aromatic rings. The van der Waals surface area contributed by atoms with Crippen molar-refractivity contribution in [3.63, 3.8) is 0 Å². The Kier molecular flexibility index (Phi) is 5.71. The summed E-state index contributed by atoms with van der Waals surface area (Å²) in [5.41, 5.74) is 0. The molecule has 0 amide bonds. The molecule has 2 fully saturated rings. The number of nitrogens with zero attached hydrogens (tertiary/aromatic N) is 1. The van der Waals surface area contributed by atoms with Crippen molar-refractivity contribution < 1.29 is 9.84 Å². The summed E-state index contributed by atoms with van der Waals surface area (Å²) in [6.45, 7) is 6.03. The molecule has 0 saturated carbocycles. The van der Waals surface area contributed by atoms with Crippen LogP contribution in [0.1, 0.15) is 25.7 Å². The molecule has 2 N–H and O–H groups in total. The molecular formula is C13H26N2O2. The number of ether oxygens (including phenoxy) is 1. The standard InChI is InChI=1S/C13H26N2O2/c16-8-10-17-9-7-15-6-2-3-12(11-15)13-4-1-5-14-13/h12-14,16H,1-11H2. The minimum Gasteiger partial charge on any atom is -0.394 e. The van der Waals surface area contributed by atoms with Gasteiger partial charge in [0.25, 0.3) is 0 Å². The van der Waals surface area contributed by atoms with Crippen LogP contribution in [0.15, 0.2) is 0 Å². The molecule has 0 radical (unpaired) electrons. The molecule has 2 saturated heterocycles. The molecule has 17 heavy (non-hydrogen) atoms. The Morgan fingerprint density at radius 1 is 1.24 bits per heavy atom. The van der Waals surface area contributed by atoms with Crippen molar-refractivity contribution in [3.8, 4) is 0 Å². The topological polar surface area (TPSA) is 44.7 Å². The van der Waals surface area contributed by atoms with Crippen molar-refractivity contribution in [2.45, 2.75) is 31.7 Å². The average molecular weight is 242 g/mol. The number of aliphatic hydroxyl groups excluding tert-OH is 1. The first-order valence-corrected chi connectivity index (χ1v) is 7.04. The largest absolute Gasteiger partial charge is 0.394 e. The van der Waals surface area contributed by atoms with Gasteiger partial charge in [-0.05, 0) is 44.7 Å². The number of hydrogen-bond donors (Lipinski definition) is 2. The Balaban J connectivity index is 1.65. The highest BCUT2D eigenvalue weighted by Crippen LogP contribution is 2.24. The number of nitrogens with one attached hydrogen (secondary N) is 1. The van der Waals surface area contributed by atoms with E-state index in [4.69, 9.17) is 9.84 Å². The van der Waals surface area contributed by atoms with Gasteiger partial charge in [-0.25, -0.2) is 0 Å². The maximum Gasteiger partial charge on any atom is 0.0698 e. The number of likely N-dealkylation sites (tertiary alicyclic amines) is 1. The van der Waals surface area contributed by atoms with Gasteiger partial charge in [0.1, 0.15) is 0 Å². The number of aliphatic hydroxyl groups is 1. The number of hydrogen-bond acceptors (Lipinski definition) is 4. The van der Waals surface area contributed by atoms with E-state index in [1.165, 1.54) is 45.3 Å². The summed E-state index contributed by atoms with van der Waals surface area (Å²) in [6.07, 6.45) is 5.41. The summed E-state index contributed by atoms with van der Waals surface area (Å²) in [4.78, 5) is 2.52. The van der Waals surface area contributed by atoms with Gasteiger partial charge in [0.2, 0.25) is 0 Å². The summed E-state index contributed by atoms with van der Waals surface area (Å²) in [6, 6.07) is 0.760. The van der Waals surface area contributed by atoms with Crippen LogP contribution in [0.3, 0.4) is 0 Å². The summed E-state index contributed by atoms with van der Waals surface area (Å²) in [5, 5.41) is 12.3. The smallest absolute Gasteiger partial charge is 0.0698 e. The first-order valence-electron chi connectivity index (χ1n) is 7.04. The van der Waals surface area contributed by atoms with Gasteiger partial charge in [-0.1, -0.05) is 0 Å². The fourth-order valence-corrected chi connectivity index (χ4v) is 3.10. The highest BCUT2D eigenvalue weighted by Gasteiger charge is 2.28. The van der Waals surface area contributed by atoms with Crippen LogP contribution < -0.4 is 5.32 Å². The Labute approximate surface area is 104 Å². The Morgan fingerprint density at radius 2 is 2.18 bits per heavy atom. The molecule has 4 nitrogen and oxygen atoms in total. The fourth-order valence-electron chi connectivity index (χ4n) is 3.10. The van der Waals surface area contributed by atoms with Crippen molar-refractivity contribution in [2.24, 2.45) is 5.92 Å². The van der Waals surface area contributed by atoms with E-state index >= 15 is 0 Å². The lowest BCUT2D eigenvalue weighted by Gasteiger charge is -2.35. The summed E-state index contributed by atoms with van der Waals surface area (Å²) < 4.78 is 5.34. The minimum atomic E-state index is 0.134. The summed E-state index contributed by atoms with van der Waals surface area (Å²) >= 11 is 0. The summed E-state index contributed by atoms with van der Waals surface area (Å²) in [7, 11) is 0. The SMILES string of the molecule is OCCOCCN1CCCC(C2CCCN2)C1. The molecule has 2 atom stereocenters. The van der Waals surface area contributed by atoms with E-state index < -0.39 is 0 Å². The molecular weight excluding hydrogens is 216 g/mol. The van der Waals surface area contributed by atoms with E-state index in [9.17, 15) is 0 Å². The number of piperidine rings is 1. The Bertz CT molecular complexity index is 208. The zero-order valence-electron chi connectivity index (χ0n) is 10.7. The van der Waals surface area contributed by atoms with Crippen LogP contribution >= 0.6 is 0 Å². The quantitative estimate of drug-likeness (QED) is 0.664. The first kappa shape index (κ1) is 13.3. The summed E-state index contributed by atoms with van der Waals surface area (Å²) in [5.74, 6) is 0.837. The Morgan fingerprint density at radius 3 is 2.94 bits per heavy atom. The van der Waals surface area contributed by atoms with Gasteiger partial charge in [0, 0.05) is 19.1 Å². The molecule has 2 aliphatic rings. The van der Waals surface area contributed by atoms with E-state index in [2.05, 4.69) is 10.2 Å². The fraction of sp³-hybridized carbons (Fsp3) is 1.00. The van der Waals surface area contributed by atoms with Gasteiger partial charge in [0.15, 0.2) is 0 Å². The zero-order valence-corrected chi connectivity index (χ0v) is 10.7. The average Bonchev–Trinajstić information content (AvgIpc) is 2.89. The van der Waals surface area contributed by atoms with Gasteiger partial charge in [0.05, 0.1) is 19.8 Å². The van der Waals surface area contributed by atoms with Gasteiger partial charge >= 0.3 is 0 Å². The molecule has 0 aromatic carbocycles. The second-order valence-corrected chi connectivity index (χ2v) is 5.24. The molecule has 4 heteroatoms. The molecule has 100 valence electrons. The highest BCUT2D eigenvalue weighted by molar-refractivity contribution is 4.86. The molecule has 2 aliphatic heterocycles. The lowest BCUT2D eigenvalue weighted by atomic mass is 9.90. The third-order valence-corrected chi connectivity index (χ3v) is 4.00. The number of rotatable bonds is 6. The molecule has 0 spiro atoms. The van der Waals surface area contributed by atoms with E-state index in [-0.39, 0.29) is 6.61 Å². The van der Waals surface area contributed by atoms with Gasteiger partial charge < -0.3 is 20.1 Å². The van der Waals surface area contributed by atoms with Crippen LogP contribution in [0, 0.1) is 5.92 Å². The molecule has 2 unspecified atom stereocenters. The van der Waals surface area contributed by atoms with E-state index in [1.54, 1.807) is 0 Å². The van der Waals surface area contributed by atoms with Gasteiger partial charge in [-0.3, -0.25) is 0 Å². The van der Waals surface area contributed by atoms with Crippen molar-refractivity contribution in [3.05, 3.63) is 0 Å². The van der Waals surface area contributed by atoms with Crippen molar-refractivity contribution >= 4 is 0 Å². The zero-order chi connectivity index (χ0) is 11.9. The molecule has 2 heterocycles. The van der Waals surface area contributed by atoms with Crippen molar-refractivity contribution in [1.82, 2.24) is 10.2 Å². The van der Waals surface area contributed by atoms with E-state index in [1.807, 2.05) is 0 Å². The maximum atomic E-state index is 8.64. The van der Waals surface area contributed by atoms with Crippen LogP contribution in [0.25, 0.3) is 0 Å². The van der Waals surface area contributed by atoms with Gasteiger partial charge in [-0.15, -0.1) is 0 Å². The lowest BCUT2D eigenvalue weighted by Crippen LogP contribution is -2.44. The van der Waals surface area contributed by atoms with Crippen LogP contribution in [0.5, 0.6) is 0 Å². The molecule has 0 aliphatic carbocycles. The van der Waals surface area contributed by atoms with E-state index in [0.717, 1.165) is 25.1 Å². The molecule has 0 aromatic heterocycles. The van der Waals surface area contributed by atoms with Gasteiger partial charge in [-0.2, -0.15) is 0 Å². The normalized spacial score (nSPS) is 30.9. The Hall–Kier alpha value is -0.160. The van der Waals surface area contributed by atoms with Crippen LogP contribution in [0.4, 0.5) is 0 Å². The third kappa shape index (κ3) is 4.21. The predicted molar refractivity (Wildman–Crippen MR) is 68.1 cm³/mol. The van der Waals surface area contributed by atoms with Crippen LogP contribution in [-0.2, 0) is 4.74 Å². The van der Waals surface area contributed by atoms with Crippen molar-refractivity contribution in [2.75, 3.05) is 46.0 Å². The second kappa shape index (κ2) is 7.31. The predicted octanol–water partition coefficient (Wildman–Crippen LogP) is 0.459. The monoisotopic (exact) mass is 242 g/mol.